The summed E-state index contributed by atoms with van der Waals surface area (Å²) in [5, 5.41) is 5.05. The van der Waals surface area contributed by atoms with Crippen molar-refractivity contribution >= 4 is 23.2 Å². The standard InChI is InChI=1S/C20H22ClN3O3/c1-12-10-13(6-7-15(12)21)17-14(11-22-16-8-9-23-24(16)17)18(19(25)26-5)27-20(2,3)4/h6-11,18H,1-5H3. The van der Waals surface area contributed by atoms with Crippen LogP contribution in [0.2, 0.25) is 5.02 Å². The fourth-order valence-corrected chi connectivity index (χ4v) is 2.98. The number of esters is 1. The zero-order chi connectivity index (χ0) is 19.8. The molecule has 1 atom stereocenters. The first-order valence-electron chi connectivity index (χ1n) is 8.56. The molecule has 0 N–H and O–H groups in total. The SMILES string of the molecule is COC(=O)C(OC(C)(C)C)c1cnc2ccnn2c1-c1ccc(Cl)c(C)c1. The highest BCUT2D eigenvalue weighted by molar-refractivity contribution is 6.31. The number of ether oxygens (including phenoxy) is 2. The van der Waals surface area contributed by atoms with Crippen LogP contribution in [0.1, 0.15) is 38.0 Å². The van der Waals surface area contributed by atoms with Crippen LogP contribution in [0.15, 0.2) is 36.7 Å². The molecule has 0 spiro atoms. The number of nitrogens with zero attached hydrogens (tertiary/aromatic N) is 3. The number of fused-ring (bicyclic) bond motifs is 1. The first-order valence-corrected chi connectivity index (χ1v) is 8.94. The highest BCUT2D eigenvalue weighted by atomic mass is 35.5. The van der Waals surface area contributed by atoms with Gasteiger partial charge in [0, 0.05) is 28.4 Å². The molecule has 0 radical (unpaired) electrons. The van der Waals surface area contributed by atoms with Crippen molar-refractivity contribution in [1.82, 2.24) is 14.6 Å². The van der Waals surface area contributed by atoms with E-state index >= 15 is 0 Å². The van der Waals surface area contributed by atoms with Gasteiger partial charge in [0.2, 0.25) is 0 Å². The molecular formula is C20H22ClN3O3. The van der Waals surface area contributed by atoms with E-state index in [1.165, 1.54) is 7.11 Å². The summed E-state index contributed by atoms with van der Waals surface area (Å²) >= 11 is 6.19. The lowest BCUT2D eigenvalue weighted by molar-refractivity contribution is -0.164. The monoisotopic (exact) mass is 387 g/mol. The van der Waals surface area contributed by atoms with Gasteiger partial charge in [-0.1, -0.05) is 17.7 Å². The van der Waals surface area contributed by atoms with E-state index in [1.807, 2.05) is 45.9 Å². The van der Waals surface area contributed by atoms with Gasteiger partial charge in [0.1, 0.15) is 0 Å². The van der Waals surface area contributed by atoms with Crippen molar-refractivity contribution in [2.24, 2.45) is 0 Å². The summed E-state index contributed by atoms with van der Waals surface area (Å²) in [6, 6.07) is 7.46. The third-order valence-electron chi connectivity index (χ3n) is 4.04. The zero-order valence-electron chi connectivity index (χ0n) is 16.0. The maximum absolute atomic E-state index is 12.5. The number of aryl methyl sites for hydroxylation is 1. The molecule has 0 aliphatic rings. The van der Waals surface area contributed by atoms with Gasteiger partial charge in [0.25, 0.3) is 0 Å². The highest BCUT2D eigenvalue weighted by Crippen LogP contribution is 2.34. The Hall–Kier alpha value is -2.44. The number of rotatable bonds is 4. The lowest BCUT2D eigenvalue weighted by Crippen LogP contribution is -2.29. The topological polar surface area (TPSA) is 65.7 Å². The van der Waals surface area contributed by atoms with Crippen LogP contribution in [0.4, 0.5) is 0 Å². The van der Waals surface area contributed by atoms with Crippen molar-refractivity contribution in [3.05, 3.63) is 52.8 Å². The molecule has 3 rings (SSSR count). The van der Waals surface area contributed by atoms with Gasteiger partial charge < -0.3 is 9.47 Å². The lowest BCUT2D eigenvalue weighted by Gasteiger charge is -2.27. The van der Waals surface area contributed by atoms with E-state index in [-0.39, 0.29) is 0 Å². The summed E-state index contributed by atoms with van der Waals surface area (Å²) < 4.78 is 12.7. The van der Waals surface area contributed by atoms with Gasteiger partial charge in [-0.15, -0.1) is 0 Å². The number of halogens is 1. The number of benzene rings is 1. The largest absolute Gasteiger partial charge is 0.467 e. The van der Waals surface area contributed by atoms with Gasteiger partial charge in [-0.3, -0.25) is 0 Å². The Morgan fingerprint density at radius 2 is 2.00 bits per heavy atom. The van der Waals surface area contributed by atoms with E-state index in [0.29, 0.717) is 21.9 Å². The summed E-state index contributed by atoms with van der Waals surface area (Å²) in [5.74, 6) is -0.495. The minimum absolute atomic E-state index is 0.495. The molecule has 27 heavy (non-hydrogen) atoms. The van der Waals surface area contributed by atoms with Crippen molar-refractivity contribution in [3.8, 4) is 11.3 Å². The normalized spacial score (nSPS) is 13.0. The van der Waals surface area contributed by atoms with E-state index < -0.39 is 17.7 Å². The van der Waals surface area contributed by atoms with Gasteiger partial charge in [-0.2, -0.15) is 5.10 Å². The third-order valence-corrected chi connectivity index (χ3v) is 4.47. The molecule has 0 aliphatic carbocycles. The van der Waals surface area contributed by atoms with E-state index in [9.17, 15) is 4.79 Å². The first kappa shape index (κ1) is 19.3. The van der Waals surface area contributed by atoms with Crippen molar-refractivity contribution in [1.29, 1.82) is 0 Å². The Labute approximate surface area is 163 Å². The number of carbonyl (C=O) groups excluding carboxylic acids is 1. The molecule has 0 saturated heterocycles. The molecule has 1 aromatic carbocycles. The number of carbonyl (C=O) groups is 1. The van der Waals surface area contributed by atoms with Crippen molar-refractivity contribution < 1.29 is 14.3 Å². The first-order chi connectivity index (χ1) is 12.7. The average Bonchev–Trinajstić information content (AvgIpc) is 3.08. The Morgan fingerprint density at radius 3 is 2.63 bits per heavy atom. The quantitative estimate of drug-likeness (QED) is 0.621. The van der Waals surface area contributed by atoms with Crippen LogP contribution in [0.25, 0.3) is 16.9 Å². The highest BCUT2D eigenvalue weighted by Gasteiger charge is 2.32. The van der Waals surface area contributed by atoms with Gasteiger partial charge in [0.05, 0.1) is 24.6 Å². The molecule has 142 valence electrons. The summed E-state index contributed by atoms with van der Waals surface area (Å²) in [6.45, 7) is 7.58. The Morgan fingerprint density at radius 1 is 1.26 bits per heavy atom. The molecule has 0 bridgehead atoms. The predicted octanol–water partition coefficient (Wildman–Crippen LogP) is 4.39. The van der Waals surface area contributed by atoms with Crippen molar-refractivity contribution in [2.45, 2.75) is 39.4 Å². The second-order valence-corrected chi connectivity index (χ2v) is 7.67. The summed E-state index contributed by atoms with van der Waals surface area (Å²) in [6.07, 6.45) is 2.36. The average molecular weight is 388 g/mol. The van der Waals surface area contributed by atoms with Crippen LogP contribution in [-0.2, 0) is 14.3 Å². The maximum Gasteiger partial charge on any atom is 0.339 e. The van der Waals surface area contributed by atoms with Crippen LogP contribution in [0.5, 0.6) is 0 Å². The molecule has 0 fully saturated rings. The second kappa shape index (κ2) is 7.29. The molecule has 0 amide bonds. The maximum atomic E-state index is 12.5. The number of hydrogen-bond donors (Lipinski definition) is 0. The molecule has 6 nitrogen and oxygen atoms in total. The summed E-state index contributed by atoms with van der Waals surface area (Å²) in [4.78, 5) is 17.0. The van der Waals surface area contributed by atoms with Crippen LogP contribution in [0, 0.1) is 6.92 Å². The summed E-state index contributed by atoms with van der Waals surface area (Å²) in [7, 11) is 1.34. The van der Waals surface area contributed by atoms with Gasteiger partial charge in [-0.25, -0.2) is 14.3 Å². The Balaban J connectivity index is 2.28. The minimum Gasteiger partial charge on any atom is -0.467 e. The molecule has 1 unspecified atom stereocenters. The second-order valence-electron chi connectivity index (χ2n) is 7.26. The Kier molecular flexibility index (Phi) is 5.22. The van der Waals surface area contributed by atoms with Gasteiger partial charge in [0.15, 0.2) is 11.8 Å². The molecule has 2 heterocycles. The summed E-state index contributed by atoms with van der Waals surface area (Å²) in [5.41, 5.74) is 3.17. The van der Waals surface area contributed by atoms with Crippen molar-refractivity contribution in [2.75, 3.05) is 7.11 Å². The van der Waals surface area contributed by atoms with Crippen LogP contribution in [0.3, 0.4) is 0 Å². The van der Waals surface area contributed by atoms with Crippen LogP contribution in [-0.4, -0.2) is 33.3 Å². The van der Waals surface area contributed by atoms with Gasteiger partial charge in [-0.05, 0) is 45.4 Å². The van der Waals surface area contributed by atoms with Crippen molar-refractivity contribution in [3.63, 3.8) is 0 Å². The third kappa shape index (κ3) is 3.96. The van der Waals surface area contributed by atoms with E-state index in [2.05, 4.69) is 10.1 Å². The molecular weight excluding hydrogens is 366 g/mol. The van der Waals surface area contributed by atoms with Crippen LogP contribution < -0.4 is 0 Å². The van der Waals surface area contributed by atoms with Crippen LogP contribution >= 0.6 is 11.6 Å². The minimum atomic E-state index is -0.943. The van der Waals surface area contributed by atoms with E-state index in [4.69, 9.17) is 21.1 Å². The van der Waals surface area contributed by atoms with E-state index in [1.54, 1.807) is 23.0 Å². The number of methoxy groups -OCH3 is 1. The number of hydrogen-bond acceptors (Lipinski definition) is 5. The molecule has 2 aromatic heterocycles. The molecule has 0 saturated carbocycles. The zero-order valence-corrected chi connectivity index (χ0v) is 16.7. The van der Waals surface area contributed by atoms with E-state index in [0.717, 1.165) is 11.1 Å². The molecule has 7 heteroatoms. The van der Waals surface area contributed by atoms with Gasteiger partial charge >= 0.3 is 5.97 Å². The fourth-order valence-electron chi connectivity index (χ4n) is 2.86. The Bertz CT molecular complexity index is 992. The smallest absolute Gasteiger partial charge is 0.339 e. The predicted molar refractivity (Wildman–Crippen MR) is 104 cm³/mol. The number of aromatic nitrogens is 3. The fraction of sp³-hybridized carbons (Fsp3) is 0.350. The molecule has 3 aromatic rings. The molecule has 0 aliphatic heterocycles. The lowest BCUT2D eigenvalue weighted by atomic mass is 10.0.